The number of hydrogen-bond acceptors (Lipinski definition) is 5. The predicted molar refractivity (Wildman–Crippen MR) is 79.8 cm³/mol. The molecule has 1 aromatic heterocycles. The van der Waals surface area contributed by atoms with Gasteiger partial charge in [-0.15, -0.1) is 0 Å². The first kappa shape index (κ1) is 13.3. The fourth-order valence-corrected chi connectivity index (χ4v) is 4.22. The molecule has 2 saturated heterocycles. The van der Waals surface area contributed by atoms with Crippen LogP contribution in [0.3, 0.4) is 0 Å². The van der Waals surface area contributed by atoms with Crippen molar-refractivity contribution in [3.8, 4) is 0 Å². The Morgan fingerprint density at radius 3 is 2.53 bits per heavy atom. The topological polar surface area (TPSA) is 41.1 Å². The minimum Gasteiger partial charge on any atom is -0.357 e. The number of hydrogen-bond donors (Lipinski definition) is 1. The molecule has 1 unspecified atom stereocenters. The Morgan fingerprint density at radius 1 is 1.26 bits per heavy atom. The maximum absolute atomic E-state index is 4.60. The highest BCUT2D eigenvalue weighted by Gasteiger charge is 2.36. The quantitative estimate of drug-likeness (QED) is 0.924. The van der Waals surface area contributed by atoms with Crippen LogP contribution in [0.4, 0.5) is 5.13 Å². The zero-order chi connectivity index (χ0) is 13.4. The van der Waals surface area contributed by atoms with Crippen LogP contribution in [-0.2, 0) is 0 Å². The van der Waals surface area contributed by atoms with Crippen LogP contribution in [0.5, 0.6) is 0 Å². The normalized spacial score (nSPS) is 31.7. The van der Waals surface area contributed by atoms with Crippen molar-refractivity contribution in [1.82, 2.24) is 14.3 Å². The monoisotopic (exact) mass is 280 g/mol. The third-order valence-electron chi connectivity index (χ3n) is 4.63. The summed E-state index contributed by atoms with van der Waals surface area (Å²) >= 11 is 1.51. The van der Waals surface area contributed by atoms with E-state index >= 15 is 0 Å². The Kier molecular flexibility index (Phi) is 3.76. The molecule has 5 heteroatoms. The van der Waals surface area contributed by atoms with E-state index in [0.29, 0.717) is 12.0 Å². The highest BCUT2D eigenvalue weighted by Crippen LogP contribution is 2.34. The van der Waals surface area contributed by atoms with Crippen molar-refractivity contribution in [1.29, 1.82) is 0 Å². The molecule has 1 N–H and O–H groups in total. The molecular formula is C14H24N4S. The van der Waals surface area contributed by atoms with E-state index < -0.39 is 0 Å². The van der Waals surface area contributed by atoms with E-state index in [-0.39, 0.29) is 0 Å². The molecule has 2 aliphatic heterocycles. The zero-order valence-corrected chi connectivity index (χ0v) is 12.9. The standard InChI is InChI=1S/C14H24N4S/c1-9(2)13-16-14(19-17-13)15-10-7-11-5-4-6-12(8-10)18(11)3/h9-12H,4-8H2,1-3H3,(H,15,16,17)/t10?,11-,12+. The van der Waals surface area contributed by atoms with Crippen molar-refractivity contribution in [2.24, 2.45) is 0 Å². The highest BCUT2D eigenvalue weighted by atomic mass is 32.1. The molecule has 0 aromatic carbocycles. The SMILES string of the molecule is CC(C)c1nsc(NC2C[C@H]3CCC[C@@H](C2)N3C)n1. The summed E-state index contributed by atoms with van der Waals surface area (Å²) < 4.78 is 4.43. The Hall–Kier alpha value is -0.680. The molecule has 1 aromatic rings. The van der Waals surface area contributed by atoms with Gasteiger partial charge in [0.2, 0.25) is 5.13 Å². The third kappa shape index (κ3) is 2.77. The molecule has 3 rings (SSSR count). The Labute approximate surface area is 119 Å². The van der Waals surface area contributed by atoms with Crippen LogP contribution in [0, 0.1) is 0 Å². The number of nitrogens with zero attached hydrogens (tertiary/aromatic N) is 3. The van der Waals surface area contributed by atoms with Gasteiger partial charge in [-0.1, -0.05) is 20.3 Å². The van der Waals surface area contributed by atoms with Crippen LogP contribution in [0.2, 0.25) is 0 Å². The molecular weight excluding hydrogens is 256 g/mol. The molecule has 0 radical (unpaired) electrons. The summed E-state index contributed by atoms with van der Waals surface area (Å²) in [6.45, 7) is 4.29. The molecule has 4 nitrogen and oxygen atoms in total. The lowest BCUT2D eigenvalue weighted by atomic mass is 9.82. The number of nitrogens with one attached hydrogen (secondary N) is 1. The fraction of sp³-hybridized carbons (Fsp3) is 0.857. The number of piperidine rings is 2. The van der Waals surface area contributed by atoms with E-state index in [4.69, 9.17) is 0 Å². The van der Waals surface area contributed by atoms with Gasteiger partial charge < -0.3 is 10.2 Å². The van der Waals surface area contributed by atoms with Gasteiger partial charge in [-0.25, -0.2) is 4.98 Å². The van der Waals surface area contributed by atoms with Crippen LogP contribution in [0.25, 0.3) is 0 Å². The highest BCUT2D eigenvalue weighted by molar-refractivity contribution is 7.09. The zero-order valence-electron chi connectivity index (χ0n) is 12.1. The van der Waals surface area contributed by atoms with Crippen molar-refractivity contribution < 1.29 is 0 Å². The summed E-state index contributed by atoms with van der Waals surface area (Å²) in [5, 5.41) is 4.63. The van der Waals surface area contributed by atoms with Crippen molar-refractivity contribution in [3.63, 3.8) is 0 Å². The van der Waals surface area contributed by atoms with Crippen LogP contribution in [0.15, 0.2) is 0 Å². The number of rotatable bonds is 3. The third-order valence-corrected chi connectivity index (χ3v) is 5.29. The molecule has 2 bridgehead atoms. The largest absolute Gasteiger partial charge is 0.357 e. The maximum atomic E-state index is 4.60. The van der Waals surface area contributed by atoms with E-state index in [1.165, 1.54) is 43.6 Å². The first-order chi connectivity index (χ1) is 9.13. The number of aromatic nitrogens is 2. The average molecular weight is 280 g/mol. The molecule has 3 heterocycles. The van der Waals surface area contributed by atoms with Gasteiger partial charge in [0, 0.05) is 35.6 Å². The van der Waals surface area contributed by atoms with Gasteiger partial charge in [0.15, 0.2) is 0 Å². The second kappa shape index (κ2) is 5.37. The summed E-state index contributed by atoms with van der Waals surface area (Å²) in [6.07, 6.45) is 6.63. The van der Waals surface area contributed by atoms with E-state index in [0.717, 1.165) is 23.0 Å². The van der Waals surface area contributed by atoms with Gasteiger partial charge >= 0.3 is 0 Å². The first-order valence-electron chi connectivity index (χ1n) is 7.45. The van der Waals surface area contributed by atoms with Crippen molar-refractivity contribution >= 4 is 16.7 Å². The Morgan fingerprint density at radius 2 is 1.95 bits per heavy atom. The van der Waals surface area contributed by atoms with Crippen LogP contribution in [0.1, 0.15) is 57.7 Å². The molecule has 19 heavy (non-hydrogen) atoms. The lowest BCUT2D eigenvalue weighted by Gasteiger charge is -2.47. The first-order valence-corrected chi connectivity index (χ1v) is 8.23. The molecule has 0 saturated carbocycles. The van der Waals surface area contributed by atoms with Gasteiger partial charge in [-0.3, -0.25) is 0 Å². The molecule has 0 amide bonds. The lowest BCUT2D eigenvalue weighted by Crippen LogP contribution is -2.52. The molecule has 106 valence electrons. The molecule has 3 atom stereocenters. The predicted octanol–water partition coefficient (Wildman–Crippen LogP) is 3.09. The summed E-state index contributed by atoms with van der Waals surface area (Å²) in [4.78, 5) is 7.20. The van der Waals surface area contributed by atoms with E-state index in [2.05, 4.69) is 40.5 Å². The summed E-state index contributed by atoms with van der Waals surface area (Å²) in [5.41, 5.74) is 0. The van der Waals surface area contributed by atoms with Crippen molar-refractivity contribution in [2.75, 3.05) is 12.4 Å². The van der Waals surface area contributed by atoms with Crippen LogP contribution < -0.4 is 5.32 Å². The molecule has 2 aliphatic rings. The minimum absolute atomic E-state index is 0.420. The van der Waals surface area contributed by atoms with E-state index in [1.807, 2.05) is 0 Å². The van der Waals surface area contributed by atoms with Gasteiger partial charge in [0.1, 0.15) is 5.82 Å². The number of fused-ring (bicyclic) bond motifs is 2. The fourth-order valence-electron chi connectivity index (χ4n) is 3.44. The van der Waals surface area contributed by atoms with Crippen molar-refractivity contribution in [2.45, 2.75) is 70.0 Å². The molecule has 2 fully saturated rings. The smallest absolute Gasteiger partial charge is 0.202 e. The Balaban J connectivity index is 1.64. The van der Waals surface area contributed by atoms with Crippen LogP contribution >= 0.6 is 11.5 Å². The van der Waals surface area contributed by atoms with E-state index in [1.54, 1.807) is 0 Å². The maximum Gasteiger partial charge on any atom is 0.202 e. The Bertz CT molecular complexity index is 417. The van der Waals surface area contributed by atoms with Gasteiger partial charge in [-0.2, -0.15) is 4.37 Å². The number of anilines is 1. The van der Waals surface area contributed by atoms with E-state index in [9.17, 15) is 0 Å². The molecule has 0 aliphatic carbocycles. The van der Waals surface area contributed by atoms with Gasteiger partial charge in [-0.05, 0) is 32.7 Å². The summed E-state index contributed by atoms with van der Waals surface area (Å²) in [7, 11) is 2.30. The second-order valence-corrected chi connectivity index (χ2v) is 7.08. The van der Waals surface area contributed by atoms with Gasteiger partial charge in [0.25, 0.3) is 0 Å². The lowest BCUT2D eigenvalue weighted by molar-refractivity contribution is 0.0608. The van der Waals surface area contributed by atoms with Crippen molar-refractivity contribution in [3.05, 3.63) is 5.82 Å². The summed E-state index contributed by atoms with van der Waals surface area (Å²) in [5.74, 6) is 1.39. The average Bonchev–Trinajstić information content (AvgIpc) is 2.79. The molecule has 0 spiro atoms. The second-order valence-electron chi connectivity index (χ2n) is 6.33. The van der Waals surface area contributed by atoms with Crippen LogP contribution in [-0.4, -0.2) is 39.4 Å². The minimum atomic E-state index is 0.420. The van der Waals surface area contributed by atoms with Gasteiger partial charge in [0.05, 0.1) is 0 Å². The summed E-state index contributed by atoms with van der Waals surface area (Å²) in [6, 6.07) is 2.12.